The van der Waals surface area contributed by atoms with Gasteiger partial charge in [-0.25, -0.2) is 0 Å². The Hall–Kier alpha value is -1.76. The van der Waals surface area contributed by atoms with Crippen molar-refractivity contribution in [3.05, 3.63) is 53.1 Å². The minimum absolute atomic E-state index is 1.05. The maximum Gasteiger partial charge on any atom is 0.0375 e. The Morgan fingerprint density at radius 3 is 2.05 bits per heavy atom. The van der Waals surface area contributed by atoms with E-state index < -0.39 is 0 Å². The Balaban J connectivity index is 2.61. The third-order valence-corrected chi connectivity index (χ3v) is 4.22. The van der Waals surface area contributed by atoms with Crippen molar-refractivity contribution < 1.29 is 0 Å². The molecule has 2 rings (SSSR count). The number of benzene rings is 2. The van der Waals surface area contributed by atoms with Crippen LogP contribution >= 0.6 is 0 Å². The van der Waals surface area contributed by atoms with Gasteiger partial charge in [0.25, 0.3) is 0 Å². The van der Waals surface area contributed by atoms with E-state index in [1.807, 2.05) is 0 Å². The van der Waals surface area contributed by atoms with Crippen LogP contribution in [-0.4, -0.2) is 13.1 Å². The fourth-order valence-electron chi connectivity index (χ4n) is 2.77. The summed E-state index contributed by atoms with van der Waals surface area (Å²) in [6, 6.07) is 13.3. The molecule has 0 heterocycles. The fourth-order valence-corrected chi connectivity index (χ4v) is 2.77. The zero-order valence-electron chi connectivity index (χ0n) is 13.3. The molecule has 1 nitrogen and oxygen atoms in total. The van der Waals surface area contributed by atoms with E-state index in [1.54, 1.807) is 0 Å². The first-order valence-electron chi connectivity index (χ1n) is 7.50. The van der Waals surface area contributed by atoms with E-state index in [0.29, 0.717) is 0 Å². The highest BCUT2D eigenvalue weighted by atomic mass is 15.1. The molecule has 0 bridgehead atoms. The van der Waals surface area contributed by atoms with Crippen LogP contribution < -0.4 is 4.90 Å². The summed E-state index contributed by atoms with van der Waals surface area (Å²) in [7, 11) is 0. The smallest absolute Gasteiger partial charge is 0.0375 e. The number of anilines is 1. The van der Waals surface area contributed by atoms with Crippen molar-refractivity contribution in [3.8, 4) is 11.1 Å². The van der Waals surface area contributed by atoms with Crippen LogP contribution in [0, 0.1) is 20.8 Å². The van der Waals surface area contributed by atoms with Gasteiger partial charge in [0.1, 0.15) is 0 Å². The Morgan fingerprint density at radius 2 is 1.45 bits per heavy atom. The molecule has 0 amide bonds. The summed E-state index contributed by atoms with van der Waals surface area (Å²) < 4.78 is 0. The Bertz CT molecular complexity index is 595. The van der Waals surface area contributed by atoms with Crippen LogP contribution in [0.4, 0.5) is 5.69 Å². The Morgan fingerprint density at radius 1 is 0.800 bits per heavy atom. The van der Waals surface area contributed by atoms with Gasteiger partial charge < -0.3 is 4.90 Å². The number of aryl methyl sites for hydroxylation is 2. The second-order valence-corrected chi connectivity index (χ2v) is 5.42. The second-order valence-electron chi connectivity index (χ2n) is 5.42. The van der Waals surface area contributed by atoms with Gasteiger partial charge in [0.05, 0.1) is 0 Å². The van der Waals surface area contributed by atoms with Gasteiger partial charge in [-0.05, 0) is 74.6 Å². The van der Waals surface area contributed by atoms with E-state index in [1.165, 1.54) is 33.5 Å². The summed E-state index contributed by atoms with van der Waals surface area (Å²) in [6.45, 7) is 13.2. The maximum atomic E-state index is 2.41. The van der Waals surface area contributed by atoms with Gasteiger partial charge in [0.15, 0.2) is 0 Å². The lowest BCUT2D eigenvalue weighted by atomic mass is 9.93. The van der Waals surface area contributed by atoms with Crippen molar-refractivity contribution in [1.82, 2.24) is 0 Å². The zero-order valence-corrected chi connectivity index (χ0v) is 13.3. The van der Waals surface area contributed by atoms with Crippen LogP contribution in [0.2, 0.25) is 0 Å². The zero-order chi connectivity index (χ0) is 14.7. The highest BCUT2D eigenvalue weighted by molar-refractivity contribution is 5.75. The molecular weight excluding hydrogens is 242 g/mol. The Kier molecular flexibility index (Phi) is 4.49. The van der Waals surface area contributed by atoms with Crippen molar-refractivity contribution >= 4 is 5.69 Å². The van der Waals surface area contributed by atoms with E-state index in [2.05, 4.69) is 75.9 Å². The molecule has 0 unspecified atom stereocenters. The van der Waals surface area contributed by atoms with Crippen LogP contribution in [0.3, 0.4) is 0 Å². The largest absolute Gasteiger partial charge is 0.372 e. The van der Waals surface area contributed by atoms with Gasteiger partial charge >= 0.3 is 0 Å². The first kappa shape index (κ1) is 14.6. The summed E-state index contributed by atoms with van der Waals surface area (Å²) in [4.78, 5) is 2.41. The van der Waals surface area contributed by atoms with E-state index in [9.17, 15) is 0 Å². The molecule has 0 saturated heterocycles. The molecule has 0 radical (unpaired) electrons. The first-order chi connectivity index (χ1) is 9.58. The summed E-state index contributed by atoms with van der Waals surface area (Å²) in [5.74, 6) is 0. The normalized spacial score (nSPS) is 10.7. The van der Waals surface area contributed by atoms with Crippen LogP contribution in [-0.2, 0) is 0 Å². The van der Waals surface area contributed by atoms with Gasteiger partial charge in [0, 0.05) is 18.8 Å². The van der Waals surface area contributed by atoms with Crippen molar-refractivity contribution in [2.75, 3.05) is 18.0 Å². The molecule has 1 heteroatoms. The molecule has 106 valence electrons. The predicted molar refractivity (Wildman–Crippen MR) is 89.7 cm³/mol. The van der Waals surface area contributed by atoms with Gasteiger partial charge in [-0.1, -0.05) is 24.3 Å². The van der Waals surface area contributed by atoms with Gasteiger partial charge in [-0.2, -0.15) is 0 Å². The number of hydrogen-bond donors (Lipinski definition) is 0. The molecule has 2 aromatic carbocycles. The molecular formula is C19H25N. The molecule has 0 aliphatic heterocycles. The second kappa shape index (κ2) is 6.13. The maximum absolute atomic E-state index is 2.41. The first-order valence-corrected chi connectivity index (χ1v) is 7.50. The molecule has 2 aromatic rings. The third kappa shape index (κ3) is 2.72. The molecule has 0 aliphatic carbocycles. The fraction of sp³-hybridized carbons (Fsp3) is 0.368. The minimum atomic E-state index is 1.05. The minimum Gasteiger partial charge on any atom is -0.372 e. The summed E-state index contributed by atoms with van der Waals surface area (Å²) in [5.41, 5.74) is 8.14. The summed E-state index contributed by atoms with van der Waals surface area (Å²) >= 11 is 0. The van der Waals surface area contributed by atoms with Crippen LogP contribution in [0.5, 0.6) is 0 Å². The third-order valence-electron chi connectivity index (χ3n) is 4.22. The number of rotatable bonds is 4. The van der Waals surface area contributed by atoms with E-state index in [0.717, 1.165) is 13.1 Å². The lowest BCUT2D eigenvalue weighted by Crippen LogP contribution is -2.22. The molecule has 0 spiro atoms. The average molecular weight is 267 g/mol. The molecule has 0 saturated carbocycles. The molecule has 20 heavy (non-hydrogen) atoms. The van der Waals surface area contributed by atoms with Crippen LogP contribution in [0.15, 0.2) is 36.4 Å². The monoisotopic (exact) mass is 267 g/mol. The molecule has 0 N–H and O–H groups in total. The van der Waals surface area contributed by atoms with E-state index in [4.69, 9.17) is 0 Å². The predicted octanol–water partition coefficient (Wildman–Crippen LogP) is 5.13. The molecule has 0 atom stereocenters. The van der Waals surface area contributed by atoms with E-state index >= 15 is 0 Å². The molecule has 0 aromatic heterocycles. The van der Waals surface area contributed by atoms with Crippen LogP contribution in [0.25, 0.3) is 11.1 Å². The average Bonchev–Trinajstić information content (AvgIpc) is 2.44. The van der Waals surface area contributed by atoms with Crippen molar-refractivity contribution in [1.29, 1.82) is 0 Å². The lowest BCUT2D eigenvalue weighted by Gasteiger charge is -2.24. The van der Waals surface area contributed by atoms with Crippen LogP contribution in [0.1, 0.15) is 30.5 Å². The highest BCUT2D eigenvalue weighted by Crippen LogP contribution is 2.32. The Labute approximate surface area is 123 Å². The van der Waals surface area contributed by atoms with E-state index in [-0.39, 0.29) is 0 Å². The summed E-state index contributed by atoms with van der Waals surface area (Å²) in [6.07, 6.45) is 0. The standard InChI is InChI=1S/C19H25N/c1-6-20(7-2)17-12-15(4)16(5)19(13-17)18-11-9-8-10-14(18)3/h8-13H,6-7H2,1-5H3. The molecule has 0 fully saturated rings. The number of nitrogens with zero attached hydrogens (tertiary/aromatic N) is 1. The molecule has 0 aliphatic rings. The number of hydrogen-bond acceptors (Lipinski definition) is 1. The SMILES string of the molecule is CCN(CC)c1cc(C)c(C)c(-c2ccccc2C)c1. The highest BCUT2D eigenvalue weighted by Gasteiger charge is 2.11. The topological polar surface area (TPSA) is 3.24 Å². The van der Waals surface area contributed by atoms with Gasteiger partial charge in [-0.3, -0.25) is 0 Å². The van der Waals surface area contributed by atoms with Crippen molar-refractivity contribution in [3.63, 3.8) is 0 Å². The van der Waals surface area contributed by atoms with Crippen molar-refractivity contribution in [2.45, 2.75) is 34.6 Å². The summed E-state index contributed by atoms with van der Waals surface area (Å²) in [5, 5.41) is 0. The van der Waals surface area contributed by atoms with Crippen molar-refractivity contribution in [2.24, 2.45) is 0 Å². The van der Waals surface area contributed by atoms with Gasteiger partial charge in [0.2, 0.25) is 0 Å². The van der Waals surface area contributed by atoms with Gasteiger partial charge in [-0.15, -0.1) is 0 Å². The lowest BCUT2D eigenvalue weighted by molar-refractivity contribution is 0.865. The quantitative estimate of drug-likeness (QED) is 0.742.